The van der Waals surface area contributed by atoms with Crippen LogP contribution in [0.4, 0.5) is 5.95 Å². The third-order valence-corrected chi connectivity index (χ3v) is 2.17. The van der Waals surface area contributed by atoms with Gasteiger partial charge in [0.2, 0.25) is 5.95 Å². The molecule has 0 fully saturated rings. The zero-order chi connectivity index (χ0) is 11.0. The fourth-order valence-corrected chi connectivity index (χ4v) is 1.50. The lowest BCUT2D eigenvalue weighted by atomic mass is 10.3. The lowest BCUT2D eigenvalue weighted by molar-refractivity contribution is 0.795. The summed E-state index contributed by atoms with van der Waals surface area (Å²) in [5.41, 5.74) is 8.51. The minimum Gasteiger partial charge on any atom is -0.368 e. The van der Waals surface area contributed by atoms with Crippen molar-refractivity contribution in [3.8, 4) is 5.82 Å². The topological polar surface area (TPSA) is 69.6 Å². The van der Waals surface area contributed by atoms with Gasteiger partial charge in [0.15, 0.2) is 5.82 Å². The summed E-state index contributed by atoms with van der Waals surface area (Å²) in [6.07, 6.45) is 1.70. The van der Waals surface area contributed by atoms with Crippen molar-refractivity contribution < 1.29 is 0 Å². The molecule has 0 radical (unpaired) electrons. The summed E-state index contributed by atoms with van der Waals surface area (Å²) >= 11 is 0. The van der Waals surface area contributed by atoms with Crippen LogP contribution < -0.4 is 5.73 Å². The van der Waals surface area contributed by atoms with E-state index in [1.807, 2.05) is 26.8 Å². The first kappa shape index (κ1) is 9.64. The summed E-state index contributed by atoms with van der Waals surface area (Å²) in [5, 5.41) is 4.35. The maximum atomic E-state index is 5.56. The largest absolute Gasteiger partial charge is 0.368 e. The van der Waals surface area contributed by atoms with E-state index in [1.54, 1.807) is 10.9 Å². The first-order valence-corrected chi connectivity index (χ1v) is 4.70. The monoisotopic (exact) mass is 203 g/mol. The van der Waals surface area contributed by atoms with Crippen molar-refractivity contribution in [1.29, 1.82) is 0 Å². The first-order valence-electron chi connectivity index (χ1n) is 4.70. The summed E-state index contributed by atoms with van der Waals surface area (Å²) in [5.74, 6) is 1.01. The molecule has 5 nitrogen and oxygen atoms in total. The van der Waals surface area contributed by atoms with Gasteiger partial charge in [-0.2, -0.15) is 10.1 Å². The summed E-state index contributed by atoms with van der Waals surface area (Å²) in [6, 6.07) is 2.00. The fourth-order valence-electron chi connectivity index (χ4n) is 1.50. The fraction of sp³-hybridized carbons (Fsp3) is 0.300. The summed E-state index contributed by atoms with van der Waals surface area (Å²) in [7, 11) is 0. The van der Waals surface area contributed by atoms with Crippen molar-refractivity contribution >= 4 is 5.95 Å². The van der Waals surface area contributed by atoms with Gasteiger partial charge >= 0.3 is 0 Å². The maximum Gasteiger partial charge on any atom is 0.222 e. The Labute approximate surface area is 88.0 Å². The van der Waals surface area contributed by atoms with E-state index in [0.29, 0.717) is 0 Å². The van der Waals surface area contributed by atoms with Crippen LogP contribution in [0.5, 0.6) is 0 Å². The normalized spacial score (nSPS) is 10.6. The van der Waals surface area contributed by atoms with Gasteiger partial charge in [0, 0.05) is 17.5 Å². The van der Waals surface area contributed by atoms with Gasteiger partial charge in [-0.1, -0.05) is 0 Å². The van der Waals surface area contributed by atoms with Gasteiger partial charge in [-0.05, 0) is 26.8 Å². The number of nitrogens with zero attached hydrogens (tertiary/aromatic N) is 4. The molecule has 2 heterocycles. The van der Waals surface area contributed by atoms with Crippen LogP contribution >= 0.6 is 0 Å². The number of aromatic nitrogens is 4. The highest BCUT2D eigenvalue weighted by Gasteiger charge is 2.08. The lowest BCUT2D eigenvalue weighted by Gasteiger charge is -2.06. The maximum absolute atomic E-state index is 5.56. The molecule has 0 aliphatic rings. The molecular formula is C10H13N5. The van der Waals surface area contributed by atoms with Crippen LogP contribution in [0.1, 0.15) is 17.0 Å². The van der Waals surface area contributed by atoms with Gasteiger partial charge in [-0.15, -0.1) is 0 Å². The van der Waals surface area contributed by atoms with Gasteiger partial charge in [-0.3, -0.25) is 0 Å². The Morgan fingerprint density at radius 3 is 2.60 bits per heavy atom. The molecule has 15 heavy (non-hydrogen) atoms. The zero-order valence-corrected chi connectivity index (χ0v) is 9.02. The molecule has 0 saturated heterocycles. The SMILES string of the molecule is Cc1cc(C)n(-c2nc(N)ncc2C)n1. The minimum atomic E-state index is 0.267. The van der Waals surface area contributed by atoms with Crippen LogP contribution in [0.15, 0.2) is 12.3 Å². The molecule has 0 aromatic carbocycles. The summed E-state index contributed by atoms with van der Waals surface area (Å²) in [4.78, 5) is 8.11. The standard InChI is InChI=1S/C10H13N5/c1-6-5-12-10(11)13-9(6)15-8(3)4-7(2)14-15/h4-5H,1-3H3,(H2,11,12,13). The number of aryl methyl sites for hydroxylation is 3. The van der Waals surface area contributed by atoms with Crippen LogP contribution in [0.25, 0.3) is 5.82 Å². The van der Waals surface area contributed by atoms with E-state index in [4.69, 9.17) is 5.73 Å². The Kier molecular flexibility index (Phi) is 2.15. The van der Waals surface area contributed by atoms with E-state index in [2.05, 4.69) is 15.1 Å². The van der Waals surface area contributed by atoms with Gasteiger partial charge in [0.05, 0.1) is 5.69 Å². The molecule has 0 aliphatic heterocycles. The van der Waals surface area contributed by atoms with Crippen molar-refractivity contribution in [2.24, 2.45) is 0 Å². The Bertz CT molecular complexity index is 501. The smallest absolute Gasteiger partial charge is 0.222 e. The number of hydrogen-bond donors (Lipinski definition) is 1. The summed E-state index contributed by atoms with van der Waals surface area (Å²) in [6.45, 7) is 5.87. The zero-order valence-electron chi connectivity index (χ0n) is 9.02. The van der Waals surface area contributed by atoms with Crippen LogP contribution in [0.3, 0.4) is 0 Å². The van der Waals surface area contributed by atoms with Crippen LogP contribution in [-0.2, 0) is 0 Å². The van der Waals surface area contributed by atoms with Crippen LogP contribution in [-0.4, -0.2) is 19.7 Å². The second-order valence-electron chi connectivity index (χ2n) is 3.57. The first-order chi connectivity index (χ1) is 7.08. The van der Waals surface area contributed by atoms with Gasteiger partial charge in [0.1, 0.15) is 0 Å². The van der Waals surface area contributed by atoms with E-state index < -0.39 is 0 Å². The lowest BCUT2D eigenvalue weighted by Crippen LogP contribution is -2.07. The number of hydrogen-bond acceptors (Lipinski definition) is 4. The molecule has 78 valence electrons. The highest BCUT2D eigenvalue weighted by Crippen LogP contribution is 2.13. The van der Waals surface area contributed by atoms with E-state index >= 15 is 0 Å². The molecule has 0 saturated carbocycles. The second kappa shape index (κ2) is 3.34. The molecule has 5 heteroatoms. The molecule has 2 aromatic rings. The van der Waals surface area contributed by atoms with E-state index in [9.17, 15) is 0 Å². The molecule has 0 aliphatic carbocycles. The molecule has 2 aromatic heterocycles. The third kappa shape index (κ3) is 1.68. The number of rotatable bonds is 1. The quantitative estimate of drug-likeness (QED) is 0.755. The van der Waals surface area contributed by atoms with Crippen molar-refractivity contribution in [2.45, 2.75) is 20.8 Å². The Morgan fingerprint density at radius 2 is 2.00 bits per heavy atom. The highest BCUT2D eigenvalue weighted by molar-refractivity contribution is 5.36. The molecule has 2 rings (SSSR count). The van der Waals surface area contributed by atoms with E-state index in [1.165, 1.54) is 0 Å². The van der Waals surface area contributed by atoms with Crippen LogP contribution in [0.2, 0.25) is 0 Å². The van der Waals surface area contributed by atoms with Gasteiger partial charge in [-0.25, -0.2) is 9.67 Å². The molecule has 0 amide bonds. The molecular weight excluding hydrogens is 190 g/mol. The number of nitrogens with two attached hydrogens (primary N) is 1. The average Bonchev–Trinajstić information content (AvgIpc) is 2.50. The Hall–Kier alpha value is -1.91. The highest BCUT2D eigenvalue weighted by atomic mass is 15.3. The molecule has 0 spiro atoms. The van der Waals surface area contributed by atoms with Gasteiger partial charge < -0.3 is 5.73 Å². The summed E-state index contributed by atoms with van der Waals surface area (Å²) < 4.78 is 1.78. The predicted molar refractivity (Wildman–Crippen MR) is 57.8 cm³/mol. The van der Waals surface area contributed by atoms with E-state index in [0.717, 1.165) is 22.8 Å². The van der Waals surface area contributed by atoms with Crippen molar-refractivity contribution in [3.05, 3.63) is 29.2 Å². The minimum absolute atomic E-state index is 0.267. The molecule has 0 atom stereocenters. The molecule has 0 bridgehead atoms. The average molecular weight is 203 g/mol. The van der Waals surface area contributed by atoms with Crippen molar-refractivity contribution in [1.82, 2.24) is 19.7 Å². The van der Waals surface area contributed by atoms with Crippen molar-refractivity contribution in [2.75, 3.05) is 5.73 Å². The predicted octanol–water partition coefficient (Wildman–Crippen LogP) is 1.17. The Balaban J connectivity index is 2.62. The molecule has 2 N–H and O–H groups in total. The third-order valence-electron chi connectivity index (χ3n) is 2.17. The van der Waals surface area contributed by atoms with Gasteiger partial charge in [0.25, 0.3) is 0 Å². The Morgan fingerprint density at radius 1 is 1.27 bits per heavy atom. The number of anilines is 1. The van der Waals surface area contributed by atoms with E-state index in [-0.39, 0.29) is 5.95 Å². The number of nitrogen functional groups attached to an aromatic ring is 1. The second-order valence-corrected chi connectivity index (χ2v) is 3.57. The van der Waals surface area contributed by atoms with Crippen molar-refractivity contribution in [3.63, 3.8) is 0 Å². The van der Waals surface area contributed by atoms with Crippen LogP contribution in [0, 0.1) is 20.8 Å². The molecule has 0 unspecified atom stereocenters.